The maximum Gasteiger partial charge on any atom is 0.310 e. The first-order chi connectivity index (χ1) is 11.4. The van der Waals surface area contributed by atoms with Gasteiger partial charge in [-0.2, -0.15) is 0 Å². The van der Waals surface area contributed by atoms with Gasteiger partial charge in [-0.25, -0.2) is 0 Å². The molecular formula is C19H23NO4. The zero-order chi connectivity index (χ0) is 17.1. The number of likely N-dealkylation sites (tertiary alicyclic amines) is 1. The van der Waals surface area contributed by atoms with Crippen LogP contribution < -0.4 is 0 Å². The first-order valence-corrected chi connectivity index (χ1v) is 8.63. The van der Waals surface area contributed by atoms with Crippen molar-refractivity contribution in [1.82, 2.24) is 4.90 Å². The molecule has 2 bridgehead atoms. The van der Waals surface area contributed by atoms with Crippen molar-refractivity contribution in [3.8, 4) is 0 Å². The number of hydrogen-bond donors (Lipinski definition) is 1. The largest absolute Gasteiger partial charge is 0.481 e. The summed E-state index contributed by atoms with van der Waals surface area (Å²) in [5.41, 5.74) is 1.76. The van der Waals surface area contributed by atoms with Gasteiger partial charge in [0, 0.05) is 6.54 Å². The van der Waals surface area contributed by atoms with Crippen LogP contribution in [0.1, 0.15) is 26.2 Å². The molecular weight excluding hydrogens is 306 g/mol. The Labute approximate surface area is 141 Å². The predicted octanol–water partition coefficient (Wildman–Crippen LogP) is 2.16. The molecule has 5 atom stereocenters. The van der Waals surface area contributed by atoms with E-state index in [1.54, 1.807) is 4.90 Å². The number of carbonyl (C=O) groups excluding carboxylic acids is 1. The van der Waals surface area contributed by atoms with Gasteiger partial charge < -0.3 is 14.7 Å². The Hall–Kier alpha value is -1.88. The van der Waals surface area contributed by atoms with Crippen LogP contribution in [0.4, 0.5) is 0 Å². The van der Waals surface area contributed by atoms with Gasteiger partial charge in [-0.05, 0) is 32.1 Å². The summed E-state index contributed by atoms with van der Waals surface area (Å²) in [4.78, 5) is 26.2. The van der Waals surface area contributed by atoms with E-state index in [0.717, 1.165) is 19.3 Å². The van der Waals surface area contributed by atoms with Crippen molar-refractivity contribution in [2.75, 3.05) is 13.1 Å². The quantitative estimate of drug-likeness (QED) is 0.803. The first kappa shape index (κ1) is 15.6. The highest BCUT2D eigenvalue weighted by Gasteiger charge is 2.67. The lowest BCUT2D eigenvalue weighted by atomic mass is 9.77. The van der Waals surface area contributed by atoms with Crippen LogP contribution in [0.5, 0.6) is 0 Å². The maximum atomic E-state index is 12.8. The lowest BCUT2D eigenvalue weighted by Crippen LogP contribution is -2.39. The minimum absolute atomic E-state index is 0.0721. The van der Waals surface area contributed by atoms with Gasteiger partial charge in [0.05, 0.1) is 18.6 Å². The van der Waals surface area contributed by atoms with E-state index in [2.05, 4.69) is 19.6 Å². The second-order valence-electron chi connectivity index (χ2n) is 7.61. The van der Waals surface area contributed by atoms with E-state index in [4.69, 9.17) is 4.74 Å². The van der Waals surface area contributed by atoms with E-state index < -0.39 is 29.5 Å². The summed E-state index contributed by atoms with van der Waals surface area (Å²) in [6.45, 7) is 7.16. The summed E-state index contributed by atoms with van der Waals surface area (Å²) in [7, 11) is 0. The Kier molecular flexibility index (Phi) is 3.46. The molecule has 5 heteroatoms. The summed E-state index contributed by atoms with van der Waals surface area (Å²) in [6, 6.07) is 0. The predicted molar refractivity (Wildman–Crippen MR) is 88.2 cm³/mol. The number of ether oxygens (including phenoxy) is 1. The molecule has 1 amide bonds. The second kappa shape index (κ2) is 5.31. The molecule has 2 fully saturated rings. The molecule has 0 radical (unpaired) electrons. The molecule has 1 spiro atoms. The molecule has 0 aromatic heterocycles. The Morgan fingerprint density at radius 2 is 2.33 bits per heavy atom. The monoisotopic (exact) mass is 329 g/mol. The molecule has 5 nitrogen and oxygen atoms in total. The Balaban J connectivity index is 1.50. The Morgan fingerprint density at radius 3 is 2.96 bits per heavy atom. The van der Waals surface area contributed by atoms with Crippen LogP contribution in [-0.4, -0.2) is 46.7 Å². The lowest BCUT2D eigenvalue weighted by Gasteiger charge is -2.26. The van der Waals surface area contributed by atoms with Crippen LogP contribution in [0.25, 0.3) is 0 Å². The number of fused-ring (bicyclic) bond motifs is 1. The van der Waals surface area contributed by atoms with Crippen LogP contribution in [0.3, 0.4) is 0 Å². The summed E-state index contributed by atoms with van der Waals surface area (Å²) < 4.78 is 5.91. The van der Waals surface area contributed by atoms with Crippen LogP contribution in [0.15, 0.2) is 36.0 Å². The molecule has 0 aromatic rings. The Bertz CT molecular complexity index is 679. The van der Waals surface area contributed by atoms with Gasteiger partial charge in [-0.1, -0.05) is 36.0 Å². The van der Waals surface area contributed by atoms with E-state index in [9.17, 15) is 14.7 Å². The molecule has 24 heavy (non-hydrogen) atoms. The third-order valence-electron chi connectivity index (χ3n) is 6.06. The van der Waals surface area contributed by atoms with Gasteiger partial charge in [-0.3, -0.25) is 9.59 Å². The zero-order valence-corrected chi connectivity index (χ0v) is 13.9. The summed E-state index contributed by atoms with van der Waals surface area (Å²) in [5.74, 6) is -1.79. The van der Waals surface area contributed by atoms with Crippen molar-refractivity contribution in [3.63, 3.8) is 0 Å². The van der Waals surface area contributed by atoms with Crippen molar-refractivity contribution >= 4 is 11.9 Å². The fourth-order valence-electron chi connectivity index (χ4n) is 4.72. The van der Waals surface area contributed by atoms with E-state index >= 15 is 0 Å². The number of amides is 1. The third-order valence-corrected chi connectivity index (χ3v) is 6.06. The van der Waals surface area contributed by atoms with Crippen molar-refractivity contribution < 1.29 is 19.4 Å². The number of aliphatic carboxylic acids is 1. The number of nitrogens with zero attached hydrogens (tertiary/aromatic N) is 1. The molecule has 3 heterocycles. The number of rotatable bonds is 4. The SMILES string of the molecule is C=C(C)[C@@H]1CC=C(CN2C[C@@]34C=C[C@H](O3)[C@H](C(=O)O)[C@@H]4C2=O)CC1. The molecule has 0 aromatic carbocycles. The van der Waals surface area contributed by atoms with Gasteiger partial charge in [0.15, 0.2) is 0 Å². The number of allylic oxidation sites excluding steroid dienone is 2. The smallest absolute Gasteiger partial charge is 0.310 e. The summed E-state index contributed by atoms with van der Waals surface area (Å²) in [5, 5.41) is 9.48. The molecule has 4 rings (SSSR count). The molecule has 4 aliphatic rings. The number of carboxylic acids is 1. The van der Waals surface area contributed by atoms with Crippen molar-refractivity contribution in [2.24, 2.45) is 17.8 Å². The first-order valence-electron chi connectivity index (χ1n) is 8.63. The lowest BCUT2D eigenvalue weighted by molar-refractivity contribution is -0.148. The van der Waals surface area contributed by atoms with Gasteiger partial charge in [0.2, 0.25) is 5.91 Å². The van der Waals surface area contributed by atoms with Crippen LogP contribution in [0, 0.1) is 17.8 Å². The van der Waals surface area contributed by atoms with Crippen LogP contribution >= 0.6 is 0 Å². The van der Waals surface area contributed by atoms with E-state index in [1.165, 1.54) is 11.1 Å². The van der Waals surface area contributed by atoms with Gasteiger partial charge in [0.25, 0.3) is 0 Å². The second-order valence-corrected chi connectivity index (χ2v) is 7.61. The fourth-order valence-corrected chi connectivity index (χ4v) is 4.72. The standard InChI is InChI=1S/C19H23NO4/c1-11(2)13-5-3-12(4-6-13)9-20-10-19-8-7-14(24-19)15(18(22)23)16(19)17(20)21/h3,7-8,13-16H,1,4-6,9-10H2,2H3,(H,22,23)/t13-,14+,15+,16-,19-/m1/s1. The number of hydrogen-bond acceptors (Lipinski definition) is 3. The minimum Gasteiger partial charge on any atom is -0.481 e. The highest BCUT2D eigenvalue weighted by atomic mass is 16.5. The summed E-state index contributed by atoms with van der Waals surface area (Å²) >= 11 is 0. The highest BCUT2D eigenvalue weighted by Crippen LogP contribution is 2.52. The van der Waals surface area contributed by atoms with E-state index in [0.29, 0.717) is 19.0 Å². The van der Waals surface area contributed by atoms with Crippen molar-refractivity contribution in [1.29, 1.82) is 0 Å². The fraction of sp³-hybridized carbons (Fsp3) is 0.579. The van der Waals surface area contributed by atoms with Gasteiger partial charge in [0.1, 0.15) is 11.5 Å². The summed E-state index contributed by atoms with van der Waals surface area (Å²) in [6.07, 6.45) is 8.52. The van der Waals surface area contributed by atoms with Crippen molar-refractivity contribution in [2.45, 2.75) is 37.9 Å². The van der Waals surface area contributed by atoms with Crippen molar-refractivity contribution in [3.05, 3.63) is 36.0 Å². The molecule has 0 saturated carbocycles. The van der Waals surface area contributed by atoms with Crippen LogP contribution in [0.2, 0.25) is 0 Å². The zero-order valence-electron chi connectivity index (χ0n) is 13.9. The molecule has 0 unspecified atom stereocenters. The third kappa shape index (κ3) is 2.18. The average Bonchev–Trinajstić information content (AvgIpc) is 3.16. The average molecular weight is 329 g/mol. The number of carbonyl (C=O) groups is 2. The normalized spacial score (nSPS) is 40.0. The minimum atomic E-state index is -0.937. The van der Waals surface area contributed by atoms with Crippen LogP contribution in [-0.2, 0) is 14.3 Å². The van der Waals surface area contributed by atoms with Gasteiger partial charge >= 0.3 is 5.97 Å². The molecule has 1 aliphatic carbocycles. The van der Waals surface area contributed by atoms with E-state index in [1.807, 2.05) is 12.2 Å². The molecule has 1 N–H and O–H groups in total. The highest BCUT2D eigenvalue weighted by molar-refractivity contribution is 5.90. The molecule has 3 aliphatic heterocycles. The van der Waals surface area contributed by atoms with Gasteiger partial charge in [-0.15, -0.1) is 0 Å². The molecule has 128 valence electrons. The maximum absolute atomic E-state index is 12.8. The van der Waals surface area contributed by atoms with E-state index in [-0.39, 0.29) is 5.91 Å². The number of carboxylic acid groups (broad SMARTS) is 1. The molecule has 2 saturated heterocycles. The topological polar surface area (TPSA) is 66.8 Å². The Morgan fingerprint density at radius 1 is 1.54 bits per heavy atom.